The summed E-state index contributed by atoms with van der Waals surface area (Å²) in [6.07, 6.45) is -36.4. The molecule has 1 saturated heterocycles. The van der Waals surface area contributed by atoms with Crippen molar-refractivity contribution in [3.05, 3.63) is 99.7 Å². The summed E-state index contributed by atoms with van der Waals surface area (Å²) >= 11 is 2.01. The van der Waals surface area contributed by atoms with Crippen LogP contribution in [0.3, 0.4) is 0 Å². The van der Waals surface area contributed by atoms with Crippen LogP contribution in [0, 0.1) is 48.2 Å². The van der Waals surface area contributed by atoms with Crippen LogP contribution in [0.4, 0.5) is 183 Å². The number of benzene rings is 3. The van der Waals surface area contributed by atoms with Gasteiger partial charge in [-0.1, -0.05) is 35.4 Å². The minimum atomic E-state index is -8.34. The van der Waals surface area contributed by atoms with Gasteiger partial charge in [0.05, 0.1) is 0 Å². The molecule has 0 spiro atoms. The number of anilines is 2. The van der Waals surface area contributed by atoms with Crippen LogP contribution in [0.5, 0.6) is 0 Å². The molecule has 3 aromatic rings. The third kappa shape index (κ3) is 13.8. The topological polar surface area (TPSA) is 6.48 Å². The Balaban J connectivity index is 0.000000662. The molecule has 1 heterocycles. The van der Waals surface area contributed by atoms with Gasteiger partial charge >= 0.3 is 222 Å². The Morgan fingerprint density at radius 3 is 0.830 bits per heavy atom. The van der Waals surface area contributed by atoms with Gasteiger partial charge in [-0.2, -0.15) is 134 Å². The third-order valence-electron chi connectivity index (χ3n) is 14.5. The Morgan fingerprint density at radius 1 is 0.340 bits per heavy atom. The van der Waals surface area contributed by atoms with Gasteiger partial charge in [0.2, 0.25) is 0 Å². The Hall–Kier alpha value is -4.98. The van der Waals surface area contributed by atoms with E-state index in [-0.39, 0.29) is 39.2 Å². The van der Waals surface area contributed by atoms with Gasteiger partial charge in [0.1, 0.15) is 0 Å². The summed E-state index contributed by atoms with van der Waals surface area (Å²) in [4.78, 5) is 1.32. The van der Waals surface area contributed by atoms with E-state index in [9.17, 15) is 154 Å². The van der Waals surface area contributed by atoms with Gasteiger partial charge in [-0.05, 0) is 76.6 Å². The van der Waals surface area contributed by atoms with Gasteiger partial charge in [0, 0.05) is 36.3 Å². The van der Waals surface area contributed by atoms with Crippen molar-refractivity contribution < 1.29 is 189 Å². The summed E-state index contributed by atoms with van der Waals surface area (Å²) in [5.74, 6) is -116. The molecule has 0 aromatic heterocycles. The molecule has 4 rings (SSSR count). The van der Waals surface area contributed by atoms with Gasteiger partial charge in [-0.3, -0.25) is 0 Å². The summed E-state index contributed by atoms with van der Waals surface area (Å²) in [7, 11) is 0. The maximum absolute atomic E-state index is 15.3. The molecule has 2 nitrogen and oxygen atoms in total. The second kappa shape index (κ2) is 25.7. The van der Waals surface area contributed by atoms with Gasteiger partial charge < -0.3 is 9.80 Å². The molecule has 94 heavy (non-hydrogen) atoms. The Bertz CT molecular complexity index is 2970. The number of nitrogens with zero attached hydrogens (tertiary/aromatic N) is 2. The van der Waals surface area contributed by atoms with Crippen LogP contribution in [0.15, 0.2) is 48.5 Å². The monoisotopic (exact) mass is 1540 g/mol. The zero-order valence-electron chi connectivity index (χ0n) is 47.2. The molecule has 0 radical (unpaired) electrons. The first-order valence-corrected chi connectivity index (χ1v) is 26.3. The number of alkyl halides is 39. The first-order valence-electron chi connectivity index (χ1n) is 25.3. The van der Waals surface area contributed by atoms with Crippen LogP contribution >= 0.6 is 0 Å². The average molecular weight is 1540 g/mol. The van der Waals surface area contributed by atoms with Crippen molar-refractivity contribution in [1.82, 2.24) is 0 Å². The number of aryl methyl sites for hydroxylation is 7. The molecular weight excluding hydrogens is 1490 g/mol. The van der Waals surface area contributed by atoms with E-state index in [1.807, 2.05) is 17.9 Å². The normalized spacial score (nSPS) is 17.4. The molecule has 1 aliphatic rings. The SMILES string of the molecule is Cc1cc(C)c(N2[CH-]N(c3c(C)cc(C)cc3C)[C@H](CCC(F)(F)C(F)(F)C(F)(F)C(F)(F)C(F)(F)C(F)(F)F)[C@H]2CCC(F)(F)C(F)(F)C(F)(F)C(F)(F)C(F)(F)C(F)(F)F)c(C)c1.FC(F)(F)C(F)(F)C(F)(F)C(F)(F)C(F)(F)C(F)(F)CCc1cccc([CH]=[Ru+])c1. The zero-order chi connectivity index (χ0) is 74.4. The van der Waals surface area contributed by atoms with E-state index in [4.69, 9.17) is 0 Å². The van der Waals surface area contributed by atoms with E-state index < -0.39 is 158 Å². The van der Waals surface area contributed by atoms with Crippen LogP contribution in [0.2, 0.25) is 0 Å². The van der Waals surface area contributed by atoms with E-state index in [2.05, 4.69) is 0 Å². The van der Waals surface area contributed by atoms with Crippen molar-refractivity contribution in [2.45, 2.75) is 200 Å². The summed E-state index contributed by atoms with van der Waals surface area (Å²) < 4.78 is 535. The summed E-state index contributed by atoms with van der Waals surface area (Å²) in [5.41, 5.74) is 0.539. The molecule has 0 bridgehead atoms. The van der Waals surface area contributed by atoms with Gasteiger partial charge in [-0.15, -0.1) is 0 Å². The molecule has 0 N–H and O–H groups in total. The fraction of sp³-hybridized carbons (Fsp3) is 0.615. The van der Waals surface area contributed by atoms with E-state index in [0.717, 1.165) is 18.8 Å². The second-order valence-electron chi connectivity index (χ2n) is 21.5. The van der Waals surface area contributed by atoms with Crippen molar-refractivity contribution in [3.63, 3.8) is 0 Å². The number of hydrogen-bond donors (Lipinski definition) is 0. The molecule has 541 valence electrons. The quantitative estimate of drug-likeness (QED) is 0.0501. The molecule has 0 unspecified atom stereocenters. The van der Waals surface area contributed by atoms with E-state index in [1.54, 1.807) is 0 Å². The molecule has 2 atom stereocenters. The molecular formula is C52H42F39N2Ru. The second-order valence-corrected chi connectivity index (χ2v) is 22.0. The van der Waals surface area contributed by atoms with Crippen LogP contribution in [-0.2, 0) is 24.3 Å². The van der Waals surface area contributed by atoms with Crippen LogP contribution < -0.4 is 9.80 Å². The standard InChI is InChI=1S/C37H33F26N2.C15H9F13.Ru/c1-16-11-18(3)24(19(4)12-16)64-15-65(25-20(5)13-17(2)14-21(25)6)23(8-10-27(40,41)29(44,45)31(48,49)33(52,53)35(56,57)37(61,62)63)22(64)7-9-26(38,39)28(42,43)30(46,47)32(50,51)34(54,55)36(58,59)60;1-8-3-2-4-9(7-8)5-6-10(16,17)11(18,19)12(20,21)13(22,23)14(24,25)15(26,27)28;/h11-15,22-23H,7-10H2,1-6H3;1-4,7H,5-6H2;/q-1;;+1/t22-,23-;;/m1../s1. The predicted octanol–water partition coefficient (Wildman–Crippen LogP) is 20.8. The minimum absolute atomic E-state index is 0.0173. The zero-order valence-corrected chi connectivity index (χ0v) is 48.9. The Labute approximate surface area is 513 Å². The molecule has 3 aromatic carbocycles. The summed E-state index contributed by atoms with van der Waals surface area (Å²) in [6, 6.07) is 5.16. The summed E-state index contributed by atoms with van der Waals surface area (Å²) in [5, 5.41) is 0. The molecule has 0 aliphatic carbocycles. The van der Waals surface area contributed by atoms with Crippen LogP contribution in [0.25, 0.3) is 0 Å². The predicted molar refractivity (Wildman–Crippen MR) is 249 cm³/mol. The van der Waals surface area contributed by atoms with Gasteiger partial charge in [0.15, 0.2) is 0 Å². The van der Waals surface area contributed by atoms with Crippen LogP contribution in [-0.4, -0.2) is 124 Å². The first-order chi connectivity index (χ1) is 41.3. The Morgan fingerprint density at radius 2 is 0.585 bits per heavy atom. The van der Waals surface area contributed by atoms with Gasteiger partial charge in [0.25, 0.3) is 0 Å². The molecule has 42 heteroatoms. The Kier molecular flexibility index (Phi) is 22.8. The molecule has 0 amide bonds. The van der Waals surface area contributed by atoms with Crippen molar-refractivity contribution in [3.8, 4) is 0 Å². The maximum atomic E-state index is 15.3. The van der Waals surface area contributed by atoms with E-state index in [1.165, 1.54) is 82.6 Å². The first kappa shape index (κ1) is 83.3. The van der Waals surface area contributed by atoms with Crippen LogP contribution in [0.1, 0.15) is 76.6 Å². The van der Waals surface area contributed by atoms with Crippen molar-refractivity contribution in [2.75, 3.05) is 9.80 Å². The van der Waals surface area contributed by atoms with Crippen molar-refractivity contribution >= 4 is 16.0 Å². The number of hydrogen-bond acceptors (Lipinski definition) is 2. The van der Waals surface area contributed by atoms with Crippen molar-refractivity contribution in [1.29, 1.82) is 0 Å². The fourth-order valence-corrected chi connectivity index (χ4v) is 9.91. The van der Waals surface area contributed by atoms with Gasteiger partial charge in [-0.25, -0.2) is 0 Å². The molecule has 0 saturated carbocycles. The van der Waals surface area contributed by atoms with Crippen molar-refractivity contribution in [2.24, 2.45) is 0 Å². The summed E-state index contributed by atoms with van der Waals surface area (Å²) in [6.45, 7) is 8.49. The average Bonchev–Trinajstić information content (AvgIpc) is 0.885. The number of halogens is 39. The number of rotatable bonds is 24. The molecule has 1 aliphatic heterocycles. The fourth-order valence-electron chi connectivity index (χ4n) is 9.59. The van der Waals surface area contributed by atoms with E-state index >= 15 is 17.6 Å². The molecule has 1 fully saturated rings. The third-order valence-corrected chi connectivity index (χ3v) is 15.1. The van der Waals surface area contributed by atoms with E-state index in [0.29, 0.717) is 26.5 Å².